The molecule has 0 aliphatic carbocycles. The van der Waals surface area contributed by atoms with Crippen LogP contribution < -0.4 is 20.8 Å². The van der Waals surface area contributed by atoms with E-state index < -0.39 is 12.7 Å². The summed E-state index contributed by atoms with van der Waals surface area (Å²) in [4.78, 5) is 0. The highest BCUT2D eigenvalue weighted by Gasteiger charge is 2.31. The van der Waals surface area contributed by atoms with Crippen molar-refractivity contribution >= 4 is 12.6 Å². The molecule has 1 unspecified atom stereocenters. The van der Waals surface area contributed by atoms with Gasteiger partial charge < -0.3 is 20.5 Å². The van der Waals surface area contributed by atoms with Gasteiger partial charge in [0.25, 0.3) is 0 Å². The summed E-state index contributed by atoms with van der Waals surface area (Å²) in [5.74, 6) is 0.0823. The first-order valence-electron chi connectivity index (χ1n) is 9.88. The lowest BCUT2D eigenvalue weighted by atomic mass is 9.74. The average molecular weight is 381 g/mol. The lowest BCUT2D eigenvalue weighted by Crippen LogP contribution is -2.55. The summed E-state index contributed by atoms with van der Waals surface area (Å²) in [6.07, 6.45) is 0.914. The summed E-state index contributed by atoms with van der Waals surface area (Å²) in [5.41, 5.74) is 3.01. The Kier molecular flexibility index (Phi) is 7.46. The van der Waals surface area contributed by atoms with Crippen LogP contribution in [0.2, 0.25) is 0 Å². The number of rotatable bonds is 8. The number of hydrogen-bond donors (Lipinski definition) is 2. The molecular weight excluding hydrogens is 349 g/mol. The summed E-state index contributed by atoms with van der Waals surface area (Å²) in [5, 5.41) is 35.7. The van der Waals surface area contributed by atoms with E-state index in [0.717, 1.165) is 24.1 Å². The molecule has 0 aromatic heterocycles. The minimum absolute atomic E-state index is 0.0823. The Bertz CT molecular complexity index is 728. The standard InChI is InChI=1S/C23H32BNO3/c1-22(2,3)14-21(23(4,5)26)19-10-6-17(7-11-19)15-25-16-18-8-12-20(13-9-18)24(27)28/h6-13,21,25-26H,14-16H2,1-5H3/q-2. The summed E-state index contributed by atoms with van der Waals surface area (Å²) < 4.78 is 0. The highest BCUT2D eigenvalue weighted by molar-refractivity contribution is 6.55. The smallest absolute Gasteiger partial charge is 0.0660 e. The Morgan fingerprint density at radius 1 is 0.857 bits per heavy atom. The monoisotopic (exact) mass is 381 g/mol. The highest BCUT2D eigenvalue weighted by atomic mass is 16.4. The van der Waals surface area contributed by atoms with E-state index in [-0.39, 0.29) is 16.8 Å². The first kappa shape index (κ1) is 22.6. The Morgan fingerprint density at radius 3 is 1.71 bits per heavy atom. The van der Waals surface area contributed by atoms with E-state index in [1.807, 2.05) is 26.0 Å². The largest absolute Gasteiger partial charge is 0.889 e. The molecule has 0 heterocycles. The highest BCUT2D eigenvalue weighted by Crippen LogP contribution is 2.38. The van der Waals surface area contributed by atoms with Crippen molar-refractivity contribution in [3.63, 3.8) is 0 Å². The van der Waals surface area contributed by atoms with Crippen molar-refractivity contribution in [2.75, 3.05) is 0 Å². The maximum absolute atomic E-state index is 10.9. The topological polar surface area (TPSA) is 78.4 Å². The van der Waals surface area contributed by atoms with E-state index >= 15 is 0 Å². The molecule has 2 aromatic carbocycles. The van der Waals surface area contributed by atoms with Crippen LogP contribution in [0.3, 0.4) is 0 Å². The van der Waals surface area contributed by atoms with Crippen molar-refractivity contribution in [2.45, 2.75) is 65.6 Å². The van der Waals surface area contributed by atoms with E-state index in [1.54, 1.807) is 12.1 Å². The first-order valence-corrected chi connectivity index (χ1v) is 9.88. The number of aliphatic hydroxyl groups is 1. The van der Waals surface area contributed by atoms with Gasteiger partial charge in [-0.1, -0.05) is 76.4 Å². The van der Waals surface area contributed by atoms with Crippen LogP contribution in [0.4, 0.5) is 0 Å². The van der Waals surface area contributed by atoms with Crippen LogP contribution in [-0.4, -0.2) is 17.8 Å². The minimum Gasteiger partial charge on any atom is -0.889 e. The number of hydrogen-bond acceptors (Lipinski definition) is 4. The second kappa shape index (κ2) is 9.23. The van der Waals surface area contributed by atoms with Gasteiger partial charge in [0.15, 0.2) is 0 Å². The number of nitrogens with one attached hydrogen (secondary N) is 1. The fourth-order valence-electron chi connectivity index (χ4n) is 3.40. The Hall–Kier alpha value is -1.66. The van der Waals surface area contributed by atoms with E-state index in [9.17, 15) is 15.2 Å². The third kappa shape index (κ3) is 7.06. The van der Waals surface area contributed by atoms with Crippen LogP contribution in [0.1, 0.15) is 63.6 Å². The van der Waals surface area contributed by atoms with Gasteiger partial charge >= 0.3 is 0 Å². The van der Waals surface area contributed by atoms with Gasteiger partial charge in [-0.15, -0.1) is 5.46 Å². The molecule has 152 valence electrons. The van der Waals surface area contributed by atoms with Crippen molar-refractivity contribution in [3.8, 4) is 0 Å². The van der Waals surface area contributed by atoms with E-state index in [2.05, 4.69) is 50.4 Å². The van der Waals surface area contributed by atoms with Crippen molar-refractivity contribution in [1.29, 1.82) is 0 Å². The molecule has 0 saturated heterocycles. The minimum atomic E-state index is -1.92. The Morgan fingerprint density at radius 2 is 1.32 bits per heavy atom. The molecule has 2 rings (SSSR count). The molecule has 2 aromatic rings. The van der Waals surface area contributed by atoms with Crippen molar-refractivity contribution in [1.82, 2.24) is 5.32 Å². The molecule has 5 heteroatoms. The molecule has 0 amide bonds. The molecule has 4 nitrogen and oxygen atoms in total. The van der Waals surface area contributed by atoms with Crippen molar-refractivity contribution < 1.29 is 15.2 Å². The second-order valence-corrected chi connectivity index (χ2v) is 9.39. The molecule has 0 spiro atoms. The lowest BCUT2D eigenvalue weighted by Gasteiger charge is -2.35. The molecule has 0 aliphatic heterocycles. The number of benzene rings is 2. The van der Waals surface area contributed by atoms with Gasteiger partial charge in [-0.2, -0.15) is 0 Å². The second-order valence-electron chi connectivity index (χ2n) is 9.39. The molecular formula is C23H32BNO3-2. The van der Waals surface area contributed by atoms with Crippen LogP contribution in [0.5, 0.6) is 0 Å². The molecule has 0 fully saturated rings. The Labute approximate surface area is 169 Å². The molecule has 0 aliphatic rings. The van der Waals surface area contributed by atoms with Gasteiger partial charge in [-0.3, -0.25) is 0 Å². The quantitative estimate of drug-likeness (QED) is 0.682. The maximum Gasteiger partial charge on any atom is 0.0660 e. The summed E-state index contributed by atoms with van der Waals surface area (Å²) >= 11 is 0. The van der Waals surface area contributed by atoms with Gasteiger partial charge in [-0.25, -0.2) is 0 Å². The first-order chi connectivity index (χ1) is 13.0. The van der Waals surface area contributed by atoms with Crippen LogP contribution in [0.25, 0.3) is 0 Å². The molecule has 1 atom stereocenters. The SMILES string of the molecule is CC(C)(C)CC(c1ccc(CNCc2ccc(B([O-])[O-])cc2)cc1)C(C)(C)O. The molecule has 0 bridgehead atoms. The van der Waals surface area contributed by atoms with Crippen molar-refractivity contribution in [2.24, 2.45) is 5.41 Å². The molecule has 28 heavy (non-hydrogen) atoms. The van der Waals surface area contributed by atoms with Gasteiger partial charge in [0, 0.05) is 19.0 Å². The van der Waals surface area contributed by atoms with E-state index in [1.165, 1.54) is 5.56 Å². The lowest BCUT2D eigenvalue weighted by molar-refractivity contribution is -0.341. The van der Waals surface area contributed by atoms with E-state index in [0.29, 0.717) is 6.54 Å². The predicted molar refractivity (Wildman–Crippen MR) is 112 cm³/mol. The average Bonchev–Trinajstić information content (AvgIpc) is 2.59. The summed E-state index contributed by atoms with van der Waals surface area (Å²) in [6.45, 7) is 11.7. The van der Waals surface area contributed by atoms with Crippen LogP contribution in [0.15, 0.2) is 48.5 Å². The maximum atomic E-state index is 10.9. The van der Waals surface area contributed by atoms with Gasteiger partial charge in [0.05, 0.1) is 5.60 Å². The fourth-order valence-corrected chi connectivity index (χ4v) is 3.40. The summed E-state index contributed by atoms with van der Waals surface area (Å²) in [7, 11) is -1.92. The zero-order chi connectivity index (χ0) is 20.9. The van der Waals surface area contributed by atoms with Gasteiger partial charge in [-0.05, 0) is 42.4 Å². The zero-order valence-corrected chi connectivity index (χ0v) is 17.7. The fraction of sp³-hybridized carbons (Fsp3) is 0.478. The predicted octanol–water partition coefficient (Wildman–Crippen LogP) is 1.68. The third-order valence-electron chi connectivity index (χ3n) is 4.96. The van der Waals surface area contributed by atoms with Crippen LogP contribution in [-0.2, 0) is 13.1 Å². The summed E-state index contributed by atoms with van der Waals surface area (Å²) in [6, 6.07) is 15.3. The van der Waals surface area contributed by atoms with Crippen LogP contribution in [0, 0.1) is 5.41 Å². The third-order valence-corrected chi connectivity index (χ3v) is 4.96. The molecule has 0 radical (unpaired) electrons. The van der Waals surface area contributed by atoms with Crippen LogP contribution >= 0.6 is 0 Å². The van der Waals surface area contributed by atoms with Gasteiger partial charge in [0.2, 0.25) is 0 Å². The van der Waals surface area contributed by atoms with E-state index in [4.69, 9.17) is 0 Å². The molecule has 2 N–H and O–H groups in total. The Balaban J connectivity index is 1.96. The molecule has 0 saturated carbocycles. The normalized spacial score (nSPS) is 13.4. The van der Waals surface area contributed by atoms with Crippen molar-refractivity contribution in [3.05, 3.63) is 65.2 Å². The zero-order valence-electron chi connectivity index (χ0n) is 17.7. The van der Waals surface area contributed by atoms with Gasteiger partial charge in [0.1, 0.15) is 0 Å².